The fourth-order valence-corrected chi connectivity index (χ4v) is 1.57. The van der Waals surface area contributed by atoms with Crippen LogP contribution >= 0.6 is 0 Å². The van der Waals surface area contributed by atoms with Gasteiger partial charge < -0.3 is 19.0 Å². The van der Waals surface area contributed by atoms with Crippen molar-refractivity contribution in [3.8, 4) is 11.5 Å². The van der Waals surface area contributed by atoms with Gasteiger partial charge in [0, 0.05) is 13.3 Å². The minimum atomic E-state index is -0.891. The number of ether oxygens (including phenoxy) is 3. The van der Waals surface area contributed by atoms with Crippen molar-refractivity contribution >= 4 is 18.0 Å². The Morgan fingerprint density at radius 3 is 2.52 bits per heavy atom. The number of nitrogens with one attached hydrogen (secondary N) is 1. The average Bonchev–Trinajstić information content (AvgIpc) is 2.51. The smallest absolute Gasteiger partial charge is 0.441 e. The highest BCUT2D eigenvalue weighted by atomic mass is 16.7. The van der Waals surface area contributed by atoms with Crippen LogP contribution in [0.5, 0.6) is 11.5 Å². The fraction of sp³-hybridized carbons (Fsp3) is 0.400. The lowest BCUT2D eigenvalue weighted by atomic mass is 10.2. The van der Waals surface area contributed by atoms with Gasteiger partial charge in [-0.3, -0.25) is 4.79 Å². The molecule has 0 unspecified atom stereocenters. The topological polar surface area (TPSA) is 100 Å². The summed E-state index contributed by atoms with van der Waals surface area (Å²) in [4.78, 5) is 37.9. The summed E-state index contributed by atoms with van der Waals surface area (Å²) >= 11 is 0. The molecule has 1 amide bonds. The molecule has 0 aromatic heterocycles. The summed E-state index contributed by atoms with van der Waals surface area (Å²) < 4.78 is 14.9. The Hall–Kier alpha value is -2.77. The summed E-state index contributed by atoms with van der Waals surface area (Å²) in [6, 6.07) is 4.70. The van der Waals surface area contributed by atoms with Crippen molar-refractivity contribution in [3.05, 3.63) is 23.8 Å². The number of methoxy groups -OCH3 is 1. The van der Waals surface area contributed by atoms with Crippen LogP contribution in [0.25, 0.3) is 0 Å². The third-order valence-corrected chi connectivity index (χ3v) is 2.55. The molecular weight excluding hydrogens is 306 g/mol. The molecule has 8 heteroatoms. The standard InChI is InChI=1S/C15H19NO7/c1-4-5-14(18)23-16-15(19)21-9-11-6-7-12(22-10(2)17)13(8-11)20-3/h6-8H,4-5,9H2,1-3H3,(H,16,19). The normalized spacial score (nSPS) is 9.70. The number of carbonyl (C=O) groups excluding carboxylic acids is 3. The van der Waals surface area contributed by atoms with Gasteiger partial charge in [-0.15, -0.1) is 5.48 Å². The minimum absolute atomic E-state index is 0.0755. The zero-order valence-corrected chi connectivity index (χ0v) is 13.2. The van der Waals surface area contributed by atoms with Gasteiger partial charge in [0.15, 0.2) is 11.5 Å². The largest absolute Gasteiger partial charge is 0.493 e. The second kappa shape index (κ2) is 9.29. The molecule has 0 aliphatic carbocycles. The summed E-state index contributed by atoms with van der Waals surface area (Å²) in [6.45, 7) is 3.01. The maximum atomic E-state index is 11.4. The van der Waals surface area contributed by atoms with Crippen LogP contribution in [0.4, 0.5) is 4.79 Å². The molecule has 23 heavy (non-hydrogen) atoms. The molecule has 1 aromatic carbocycles. The van der Waals surface area contributed by atoms with Crippen LogP contribution < -0.4 is 15.0 Å². The number of amides is 1. The van der Waals surface area contributed by atoms with Crippen molar-refractivity contribution in [2.75, 3.05) is 7.11 Å². The van der Waals surface area contributed by atoms with E-state index >= 15 is 0 Å². The van der Waals surface area contributed by atoms with Crippen LogP contribution in [0.2, 0.25) is 0 Å². The number of esters is 1. The third-order valence-electron chi connectivity index (χ3n) is 2.55. The molecule has 1 aromatic rings. The van der Waals surface area contributed by atoms with Crippen LogP contribution in [-0.4, -0.2) is 25.1 Å². The van der Waals surface area contributed by atoms with Crippen LogP contribution in [0.1, 0.15) is 32.3 Å². The first-order valence-corrected chi connectivity index (χ1v) is 6.94. The van der Waals surface area contributed by atoms with Gasteiger partial charge in [0.25, 0.3) is 0 Å². The molecule has 0 heterocycles. The van der Waals surface area contributed by atoms with Crippen LogP contribution in [-0.2, 0) is 25.8 Å². The van der Waals surface area contributed by atoms with Crippen molar-refractivity contribution in [2.24, 2.45) is 0 Å². The lowest BCUT2D eigenvalue weighted by Gasteiger charge is -2.10. The first kappa shape index (κ1) is 18.3. The number of hydrogen-bond acceptors (Lipinski definition) is 7. The monoisotopic (exact) mass is 325 g/mol. The highest BCUT2D eigenvalue weighted by Crippen LogP contribution is 2.28. The van der Waals surface area contributed by atoms with Crippen LogP contribution in [0.15, 0.2) is 18.2 Å². The molecule has 0 saturated carbocycles. The molecule has 0 bridgehead atoms. The molecule has 0 radical (unpaired) electrons. The lowest BCUT2D eigenvalue weighted by molar-refractivity contribution is -0.149. The second-order valence-corrected chi connectivity index (χ2v) is 4.48. The molecule has 0 atom stereocenters. The zero-order chi connectivity index (χ0) is 17.2. The van der Waals surface area contributed by atoms with Gasteiger partial charge in [-0.25, -0.2) is 9.59 Å². The van der Waals surface area contributed by atoms with Gasteiger partial charge in [0.2, 0.25) is 0 Å². The SMILES string of the molecule is CCCC(=O)ONC(=O)OCc1ccc(OC(C)=O)c(OC)c1. The molecule has 0 saturated heterocycles. The van der Waals surface area contributed by atoms with Crippen LogP contribution in [0, 0.1) is 0 Å². The van der Waals surface area contributed by atoms with Crippen molar-refractivity contribution in [1.29, 1.82) is 0 Å². The van der Waals surface area contributed by atoms with Gasteiger partial charge in [0.05, 0.1) is 7.11 Å². The molecule has 0 aliphatic rings. The van der Waals surface area contributed by atoms with Crippen LogP contribution in [0.3, 0.4) is 0 Å². The maximum absolute atomic E-state index is 11.4. The average molecular weight is 325 g/mol. The third kappa shape index (κ3) is 6.68. The highest BCUT2D eigenvalue weighted by Gasteiger charge is 2.10. The lowest BCUT2D eigenvalue weighted by Crippen LogP contribution is -2.27. The number of rotatable bonds is 6. The van der Waals surface area contributed by atoms with Crippen molar-refractivity contribution in [2.45, 2.75) is 33.3 Å². The quantitative estimate of drug-likeness (QED) is 0.485. The van der Waals surface area contributed by atoms with E-state index in [1.165, 1.54) is 20.1 Å². The highest BCUT2D eigenvalue weighted by molar-refractivity contribution is 5.73. The summed E-state index contributed by atoms with van der Waals surface area (Å²) in [5.74, 6) is -0.421. The number of hydroxylamine groups is 1. The first-order chi connectivity index (χ1) is 11.0. The molecule has 1 rings (SSSR count). The fourth-order valence-electron chi connectivity index (χ4n) is 1.57. The summed E-state index contributed by atoms with van der Waals surface area (Å²) in [5, 5.41) is 0. The first-order valence-electron chi connectivity index (χ1n) is 6.94. The van der Waals surface area contributed by atoms with Crippen molar-refractivity contribution < 1.29 is 33.4 Å². The van der Waals surface area contributed by atoms with Gasteiger partial charge >= 0.3 is 18.0 Å². The van der Waals surface area contributed by atoms with E-state index in [0.29, 0.717) is 17.7 Å². The van der Waals surface area contributed by atoms with Gasteiger partial charge in [-0.05, 0) is 24.1 Å². The predicted octanol–water partition coefficient (Wildman–Crippen LogP) is 2.11. The molecule has 126 valence electrons. The van der Waals surface area contributed by atoms with E-state index in [9.17, 15) is 14.4 Å². The van der Waals surface area contributed by atoms with E-state index in [4.69, 9.17) is 14.2 Å². The van der Waals surface area contributed by atoms with Gasteiger partial charge in [-0.2, -0.15) is 0 Å². The number of carbonyl (C=O) groups is 3. The summed E-state index contributed by atoms with van der Waals surface area (Å²) in [7, 11) is 1.42. The second-order valence-electron chi connectivity index (χ2n) is 4.48. The maximum Gasteiger partial charge on any atom is 0.441 e. The molecular formula is C15H19NO7. The van der Waals surface area contributed by atoms with Gasteiger partial charge in [-0.1, -0.05) is 13.0 Å². The summed E-state index contributed by atoms with van der Waals surface area (Å²) in [5.41, 5.74) is 2.50. The predicted molar refractivity (Wildman–Crippen MR) is 78.6 cm³/mol. The summed E-state index contributed by atoms with van der Waals surface area (Å²) in [6.07, 6.45) is -0.0726. The Balaban J connectivity index is 2.52. The molecule has 1 N–H and O–H groups in total. The van der Waals surface area contributed by atoms with E-state index in [1.54, 1.807) is 12.1 Å². The van der Waals surface area contributed by atoms with Crippen molar-refractivity contribution in [1.82, 2.24) is 5.48 Å². The Kier molecular flexibility index (Phi) is 7.38. The molecule has 0 spiro atoms. The van der Waals surface area contributed by atoms with Gasteiger partial charge in [0.1, 0.15) is 6.61 Å². The Morgan fingerprint density at radius 2 is 1.91 bits per heavy atom. The number of hydrogen-bond donors (Lipinski definition) is 1. The Bertz CT molecular complexity index is 571. The molecule has 8 nitrogen and oxygen atoms in total. The Morgan fingerprint density at radius 1 is 1.17 bits per heavy atom. The molecule has 0 fully saturated rings. The van der Waals surface area contributed by atoms with E-state index in [0.717, 1.165) is 0 Å². The van der Waals surface area contributed by atoms with E-state index < -0.39 is 18.0 Å². The van der Waals surface area contributed by atoms with E-state index in [1.807, 2.05) is 12.4 Å². The van der Waals surface area contributed by atoms with E-state index in [-0.39, 0.29) is 18.8 Å². The Labute approximate surface area is 133 Å². The minimum Gasteiger partial charge on any atom is -0.493 e. The van der Waals surface area contributed by atoms with E-state index in [2.05, 4.69) is 4.84 Å². The zero-order valence-electron chi connectivity index (χ0n) is 13.2. The number of benzene rings is 1. The molecule has 0 aliphatic heterocycles. The van der Waals surface area contributed by atoms with Crippen molar-refractivity contribution in [3.63, 3.8) is 0 Å².